The van der Waals surface area contributed by atoms with Crippen LogP contribution in [-0.4, -0.2) is 60.4 Å². The molecule has 236 valence electrons. The lowest BCUT2D eigenvalue weighted by Gasteiger charge is -2.12. The molecule has 0 aliphatic rings. The molecule has 0 saturated heterocycles. The van der Waals surface area contributed by atoms with E-state index < -0.39 is 0 Å². The minimum atomic E-state index is -0.118. The van der Waals surface area contributed by atoms with Crippen LogP contribution in [0.1, 0.15) is 15.9 Å². The van der Waals surface area contributed by atoms with Crippen LogP contribution in [0.4, 0.5) is 29.2 Å². The summed E-state index contributed by atoms with van der Waals surface area (Å²) < 4.78 is 17.1. The van der Waals surface area contributed by atoms with Gasteiger partial charge in [-0.3, -0.25) is 4.79 Å². The van der Waals surface area contributed by atoms with E-state index in [0.29, 0.717) is 69.5 Å². The van der Waals surface area contributed by atoms with Gasteiger partial charge in [0.25, 0.3) is 5.91 Å². The number of hydrogen-bond acceptors (Lipinski definition) is 10. The third-order valence-electron chi connectivity index (χ3n) is 6.49. The summed E-state index contributed by atoms with van der Waals surface area (Å²) in [5.74, 6) is 1.81. The van der Waals surface area contributed by atoms with Gasteiger partial charge in [-0.05, 0) is 54.1 Å². The van der Waals surface area contributed by atoms with E-state index in [-0.39, 0.29) is 5.91 Å². The fourth-order valence-electron chi connectivity index (χ4n) is 4.21. The fourth-order valence-corrected chi connectivity index (χ4v) is 4.21. The van der Waals surface area contributed by atoms with Crippen LogP contribution in [0, 0.1) is 0 Å². The Morgan fingerprint density at radius 3 is 1.76 bits per heavy atom. The van der Waals surface area contributed by atoms with E-state index in [4.69, 9.17) is 14.2 Å². The van der Waals surface area contributed by atoms with Crippen molar-refractivity contribution in [2.45, 2.75) is 6.61 Å². The van der Waals surface area contributed by atoms with E-state index in [1.165, 1.54) is 0 Å². The molecular formula is C35H37N7O4. The highest BCUT2D eigenvalue weighted by atomic mass is 16.5. The molecule has 0 spiro atoms. The molecule has 11 heteroatoms. The number of hydrogen-bond donors (Lipinski definition) is 4. The Kier molecular flexibility index (Phi) is 12.3. The highest BCUT2D eigenvalue weighted by Crippen LogP contribution is 2.21. The average molecular weight is 620 g/mol. The van der Waals surface area contributed by atoms with Gasteiger partial charge in [0, 0.05) is 30.0 Å². The van der Waals surface area contributed by atoms with Crippen molar-refractivity contribution in [2.75, 3.05) is 55.5 Å². The first-order valence-corrected chi connectivity index (χ1v) is 15.1. The van der Waals surface area contributed by atoms with Crippen LogP contribution in [0.5, 0.6) is 5.75 Å². The number of rotatable bonds is 18. The number of amides is 1. The quantitative estimate of drug-likeness (QED) is 0.0891. The number of benzene rings is 4. The minimum Gasteiger partial charge on any atom is -0.489 e. The molecule has 0 fully saturated rings. The Morgan fingerprint density at radius 2 is 1.11 bits per heavy atom. The summed E-state index contributed by atoms with van der Waals surface area (Å²) in [6, 6.07) is 36.4. The first kappa shape index (κ1) is 31.9. The van der Waals surface area contributed by atoms with Gasteiger partial charge >= 0.3 is 0 Å². The zero-order chi connectivity index (χ0) is 31.7. The van der Waals surface area contributed by atoms with E-state index in [2.05, 4.69) is 36.2 Å². The molecule has 11 nitrogen and oxygen atoms in total. The van der Waals surface area contributed by atoms with E-state index in [1.54, 1.807) is 12.1 Å². The first-order chi connectivity index (χ1) is 22.7. The number of ether oxygens (including phenoxy) is 3. The van der Waals surface area contributed by atoms with E-state index in [0.717, 1.165) is 22.7 Å². The second kappa shape index (κ2) is 17.7. The van der Waals surface area contributed by atoms with Crippen LogP contribution in [0.2, 0.25) is 0 Å². The number of anilines is 5. The first-order valence-electron chi connectivity index (χ1n) is 15.1. The van der Waals surface area contributed by atoms with Gasteiger partial charge in [0.1, 0.15) is 12.4 Å². The molecular weight excluding hydrogens is 582 g/mol. The number of carbonyl (C=O) groups excluding carboxylic acids is 1. The second-order valence-corrected chi connectivity index (χ2v) is 9.99. The third-order valence-corrected chi connectivity index (χ3v) is 6.49. The summed E-state index contributed by atoms with van der Waals surface area (Å²) >= 11 is 0. The topological polar surface area (TPSA) is 132 Å². The molecule has 0 bridgehead atoms. The van der Waals surface area contributed by atoms with Crippen LogP contribution < -0.4 is 26.0 Å². The Morgan fingerprint density at radius 1 is 0.565 bits per heavy atom. The minimum absolute atomic E-state index is 0.118. The maximum atomic E-state index is 12.0. The zero-order valence-corrected chi connectivity index (χ0v) is 25.4. The Bertz CT molecular complexity index is 1610. The van der Waals surface area contributed by atoms with Crippen molar-refractivity contribution in [3.05, 3.63) is 126 Å². The molecule has 0 atom stereocenters. The van der Waals surface area contributed by atoms with Crippen molar-refractivity contribution < 1.29 is 19.0 Å². The normalized spacial score (nSPS) is 10.6. The van der Waals surface area contributed by atoms with Crippen LogP contribution in [0.3, 0.4) is 0 Å². The summed E-state index contributed by atoms with van der Waals surface area (Å²) in [5.41, 5.74) is 3.39. The van der Waals surface area contributed by atoms with Gasteiger partial charge in [0.15, 0.2) is 0 Å². The van der Waals surface area contributed by atoms with Crippen molar-refractivity contribution in [2.24, 2.45) is 0 Å². The monoisotopic (exact) mass is 619 g/mol. The predicted molar refractivity (Wildman–Crippen MR) is 179 cm³/mol. The van der Waals surface area contributed by atoms with Gasteiger partial charge in [0.2, 0.25) is 17.8 Å². The largest absolute Gasteiger partial charge is 0.489 e. The summed E-state index contributed by atoms with van der Waals surface area (Å²) in [5, 5.41) is 12.5. The molecule has 5 rings (SSSR count). The SMILES string of the molecule is O=C(NCCOCCOCCNc1nc(Nc2ccccc2)nc(Nc2ccc(OCc3ccccc3)cc2)n1)c1ccccc1. The van der Waals surface area contributed by atoms with E-state index in [9.17, 15) is 4.79 Å². The van der Waals surface area contributed by atoms with Gasteiger partial charge in [-0.15, -0.1) is 0 Å². The molecule has 0 unspecified atom stereocenters. The second-order valence-electron chi connectivity index (χ2n) is 9.99. The van der Waals surface area contributed by atoms with Crippen LogP contribution in [-0.2, 0) is 16.1 Å². The Balaban J connectivity index is 1.06. The lowest BCUT2D eigenvalue weighted by Crippen LogP contribution is -2.27. The maximum Gasteiger partial charge on any atom is 0.251 e. The van der Waals surface area contributed by atoms with Gasteiger partial charge in [0.05, 0.1) is 26.4 Å². The molecule has 0 aliphatic heterocycles. The van der Waals surface area contributed by atoms with Crippen molar-refractivity contribution >= 4 is 35.1 Å². The molecule has 1 aromatic heterocycles. The number of nitrogens with one attached hydrogen (secondary N) is 4. The average Bonchev–Trinajstić information content (AvgIpc) is 3.10. The summed E-state index contributed by atoms with van der Waals surface area (Å²) in [6.45, 7) is 3.07. The van der Waals surface area contributed by atoms with Gasteiger partial charge in [-0.1, -0.05) is 66.7 Å². The molecule has 1 amide bonds. The summed E-state index contributed by atoms with van der Waals surface area (Å²) in [6.07, 6.45) is 0. The van der Waals surface area contributed by atoms with Gasteiger partial charge in [-0.25, -0.2) is 0 Å². The van der Waals surface area contributed by atoms with E-state index in [1.807, 2.05) is 103 Å². The lowest BCUT2D eigenvalue weighted by molar-refractivity contribution is 0.0519. The van der Waals surface area contributed by atoms with Gasteiger partial charge < -0.3 is 35.5 Å². The van der Waals surface area contributed by atoms with E-state index >= 15 is 0 Å². The highest BCUT2D eigenvalue weighted by Gasteiger charge is 2.09. The summed E-state index contributed by atoms with van der Waals surface area (Å²) in [7, 11) is 0. The van der Waals surface area contributed by atoms with Crippen LogP contribution in [0.25, 0.3) is 0 Å². The molecule has 1 heterocycles. The molecule has 5 aromatic rings. The number of nitrogens with zero attached hydrogens (tertiary/aromatic N) is 3. The molecule has 4 aromatic carbocycles. The Hall–Kier alpha value is -5.52. The summed E-state index contributed by atoms with van der Waals surface area (Å²) in [4.78, 5) is 25.7. The fraction of sp³-hybridized carbons (Fsp3) is 0.200. The van der Waals surface area contributed by atoms with Crippen molar-refractivity contribution in [1.82, 2.24) is 20.3 Å². The van der Waals surface area contributed by atoms with Crippen molar-refractivity contribution in [3.63, 3.8) is 0 Å². The Labute approximate surface area is 268 Å². The zero-order valence-electron chi connectivity index (χ0n) is 25.4. The molecule has 0 saturated carbocycles. The van der Waals surface area contributed by atoms with Crippen molar-refractivity contribution in [3.8, 4) is 5.75 Å². The number of para-hydroxylation sites is 1. The van der Waals surface area contributed by atoms with Crippen LogP contribution in [0.15, 0.2) is 115 Å². The lowest BCUT2D eigenvalue weighted by atomic mass is 10.2. The van der Waals surface area contributed by atoms with Crippen LogP contribution >= 0.6 is 0 Å². The van der Waals surface area contributed by atoms with Gasteiger partial charge in [-0.2, -0.15) is 15.0 Å². The standard InChI is InChI=1S/C35H37N7O4/c43-32(28-12-6-2-7-13-28)36-20-22-44-24-25-45-23-21-37-33-40-34(38-29-14-8-3-9-15-29)42-35(41-33)39-30-16-18-31(19-17-30)46-26-27-10-4-1-5-11-27/h1-19H,20-26H2,(H,36,43)(H3,37,38,39,40,41,42). The smallest absolute Gasteiger partial charge is 0.251 e. The predicted octanol–water partition coefficient (Wildman–Crippen LogP) is 5.81. The molecule has 0 radical (unpaired) electrons. The molecule has 0 aliphatic carbocycles. The molecule has 4 N–H and O–H groups in total. The highest BCUT2D eigenvalue weighted by molar-refractivity contribution is 5.94. The third kappa shape index (κ3) is 10.9. The number of carbonyl (C=O) groups is 1. The molecule has 46 heavy (non-hydrogen) atoms. The number of aromatic nitrogens is 3. The van der Waals surface area contributed by atoms with Crippen molar-refractivity contribution in [1.29, 1.82) is 0 Å². The maximum absolute atomic E-state index is 12.0.